The molecule has 0 saturated carbocycles. The fourth-order valence-electron chi connectivity index (χ4n) is 3.91. The normalized spacial score (nSPS) is 13.0. The molecule has 5 rings (SSSR count). The Balaban J connectivity index is 1.70. The van der Waals surface area contributed by atoms with E-state index in [4.69, 9.17) is 0 Å². The van der Waals surface area contributed by atoms with Gasteiger partial charge < -0.3 is 9.67 Å². The van der Waals surface area contributed by atoms with Gasteiger partial charge in [-0.05, 0) is 29.3 Å². The van der Waals surface area contributed by atoms with Crippen LogP contribution in [0.5, 0.6) is 5.88 Å². The van der Waals surface area contributed by atoms with E-state index in [0.717, 1.165) is 27.7 Å². The second-order valence-corrected chi connectivity index (χ2v) is 6.64. The lowest BCUT2D eigenvalue weighted by Gasteiger charge is -2.18. The smallest absolute Gasteiger partial charge is 0.328 e. The molecule has 0 spiro atoms. The zero-order chi connectivity index (χ0) is 17.8. The van der Waals surface area contributed by atoms with Crippen LogP contribution in [0.3, 0.4) is 0 Å². The van der Waals surface area contributed by atoms with E-state index in [9.17, 15) is 14.3 Å². The average Bonchev–Trinajstić information content (AvgIpc) is 3.10. The Labute approximate surface area is 147 Å². The minimum absolute atomic E-state index is 0.0592. The molecule has 0 aliphatic carbocycles. The van der Waals surface area contributed by atoms with Crippen molar-refractivity contribution in [1.82, 2.24) is 14.1 Å². The van der Waals surface area contributed by atoms with Crippen LogP contribution in [0.15, 0.2) is 53.3 Å². The van der Waals surface area contributed by atoms with E-state index < -0.39 is 0 Å². The Kier molecular flexibility index (Phi) is 3.09. The van der Waals surface area contributed by atoms with Crippen molar-refractivity contribution in [3.8, 4) is 5.88 Å². The second-order valence-electron chi connectivity index (χ2n) is 6.64. The van der Waals surface area contributed by atoms with Crippen molar-refractivity contribution in [3.05, 3.63) is 87.3 Å². The number of aromatic nitrogens is 3. The first-order valence-corrected chi connectivity index (χ1v) is 8.46. The van der Waals surface area contributed by atoms with Gasteiger partial charge in [0, 0.05) is 29.6 Å². The number of rotatable bonds is 2. The molecular formula is C20H16FN3O2. The van der Waals surface area contributed by atoms with Crippen molar-refractivity contribution in [2.24, 2.45) is 0 Å². The Morgan fingerprint density at radius 3 is 2.65 bits per heavy atom. The first-order chi connectivity index (χ1) is 12.6. The van der Waals surface area contributed by atoms with Crippen molar-refractivity contribution >= 4 is 10.9 Å². The van der Waals surface area contributed by atoms with E-state index in [0.29, 0.717) is 25.2 Å². The lowest BCUT2D eigenvalue weighted by Crippen LogP contribution is -2.25. The molecule has 6 heteroatoms. The van der Waals surface area contributed by atoms with Gasteiger partial charge in [0.2, 0.25) is 5.88 Å². The summed E-state index contributed by atoms with van der Waals surface area (Å²) in [6.07, 6.45) is 0.497. The van der Waals surface area contributed by atoms with Gasteiger partial charge in [0.05, 0.1) is 12.2 Å². The Morgan fingerprint density at radius 1 is 1.08 bits per heavy atom. The van der Waals surface area contributed by atoms with Gasteiger partial charge in [0.25, 0.3) is 0 Å². The Morgan fingerprint density at radius 2 is 1.85 bits per heavy atom. The summed E-state index contributed by atoms with van der Waals surface area (Å²) in [6.45, 7) is 0.993. The van der Waals surface area contributed by atoms with E-state index in [1.54, 1.807) is 16.7 Å². The molecule has 2 aromatic heterocycles. The van der Waals surface area contributed by atoms with Crippen LogP contribution >= 0.6 is 0 Å². The van der Waals surface area contributed by atoms with Crippen LogP contribution in [0.2, 0.25) is 0 Å². The van der Waals surface area contributed by atoms with Crippen LogP contribution in [-0.2, 0) is 19.5 Å². The monoisotopic (exact) mass is 349 g/mol. The number of hydrogen-bond donors (Lipinski definition) is 2. The molecule has 2 aromatic carbocycles. The van der Waals surface area contributed by atoms with Gasteiger partial charge in [-0.2, -0.15) is 0 Å². The fraction of sp³-hybridized carbons (Fsp3) is 0.150. The number of para-hydroxylation sites is 1. The Hall–Kier alpha value is -3.28. The maximum absolute atomic E-state index is 13.2. The van der Waals surface area contributed by atoms with E-state index in [1.807, 2.05) is 12.1 Å². The summed E-state index contributed by atoms with van der Waals surface area (Å²) in [5.74, 6) is -0.317. The van der Waals surface area contributed by atoms with Crippen molar-refractivity contribution < 1.29 is 9.50 Å². The number of fused-ring (bicyclic) bond motifs is 4. The molecule has 1 aliphatic heterocycles. The first kappa shape index (κ1) is 15.0. The summed E-state index contributed by atoms with van der Waals surface area (Å²) >= 11 is 0. The molecule has 0 atom stereocenters. The van der Waals surface area contributed by atoms with Gasteiger partial charge in [0.15, 0.2) is 0 Å². The zero-order valence-corrected chi connectivity index (χ0v) is 13.9. The molecule has 0 fully saturated rings. The molecule has 130 valence electrons. The summed E-state index contributed by atoms with van der Waals surface area (Å²) in [5, 5.41) is 11.1. The van der Waals surface area contributed by atoms with Crippen LogP contribution in [0.25, 0.3) is 10.9 Å². The molecule has 0 saturated heterocycles. The third kappa shape index (κ3) is 2.12. The Bertz CT molecular complexity index is 1200. The summed E-state index contributed by atoms with van der Waals surface area (Å²) in [4.78, 5) is 14.6. The zero-order valence-electron chi connectivity index (χ0n) is 13.9. The quantitative estimate of drug-likeness (QED) is 0.515. The van der Waals surface area contributed by atoms with Gasteiger partial charge in [-0.1, -0.05) is 30.3 Å². The molecule has 1 aliphatic rings. The summed E-state index contributed by atoms with van der Waals surface area (Å²) in [6, 6.07) is 14.6. The molecule has 3 heterocycles. The highest BCUT2D eigenvalue weighted by molar-refractivity contribution is 5.86. The van der Waals surface area contributed by atoms with E-state index >= 15 is 0 Å². The van der Waals surface area contributed by atoms with E-state index in [1.165, 1.54) is 12.1 Å². The molecule has 5 nitrogen and oxygen atoms in total. The van der Waals surface area contributed by atoms with Crippen molar-refractivity contribution in [2.75, 3.05) is 0 Å². The van der Waals surface area contributed by atoms with Crippen LogP contribution in [0.1, 0.15) is 22.5 Å². The number of nitrogens with zero attached hydrogens (tertiary/aromatic N) is 2. The van der Waals surface area contributed by atoms with Crippen LogP contribution in [-0.4, -0.2) is 19.2 Å². The minimum atomic E-state index is -0.304. The first-order valence-electron chi connectivity index (χ1n) is 8.46. The van der Waals surface area contributed by atoms with Crippen LogP contribution in [0.4, 0.5) is 4.39 Å². The predicted octanol–water partition coefficient (Wildman–Crippen LogP) is 2.98. The number of hydrogen-bond acceptors (Lipinski definition) is 2. The largest absolute Gasteiger partial charge is 0.493 e. The molecule has 0 amide bonds. The molecular weight excluding hydrogens is 333 g/mol. The minimum Gasteiger partial charge on any atom is -0.493 e. The number of aromatic amines is 1. The molecule has 0 radical (unpaired) electrons. The molecule has 4 aromatic rings. The number of imidazole rings is 1. The predicted molar refractivity (Wildman–Crippen MR) is 96.1 cm³/mol. The lowest BCUT2D eigenvalue weighted by molar-refractivity contribution is 0.447. The molecule has 26 heavy (non-hydrogen) atoms. The van der Waals surface area contributed by atoms with Crippen molar-refractivity contribution in [3.63, 3.8) is 0 Å². The highest BCUT2D eigenvalue weighted by Gasteiger charge is 2.27. The number of halogens is 1. The van der Waals surface area contributed by atoms with Gasteiger partial charge in [0.1, 0.15) is 5.82 Å². The topological polar surface area (TPSA) is 63.0 Å². The lowest BCUT2D eigenvalue weighted by atomic mass is 10.0. The standard InChI is InChI=1S/C20H16FN3O2/c21-13-7-5-12(6-8-13)10-23-16-4-2-1-3-14(16)15-9-17-19(25)22-20(26)24(17)11-18(15)23/h1-8,25H,9-11H2,(H,22,26). The molecule has 0 bridgehead atoms. The SMILES string of the molecule is O=c1[nH]c(O)c2n1Cc1c(c3ccccc3n1Cc1ccc(F)cc1)C2. The van der Waals surface area contributed by atoms with E-state index in [2.05, 4.69) is 21.7 Å². The third-order valence-electron chi connectivity index (χ3n) is 5.17. The van der Waals surface area contributed by atoms with Gasteiger partial charge in [-0.3, -0.25) is 9.55 Å². The van der Waals surface area contributed by atoms with Crippen LogP contribution in [0, 0.1) is 5.82 Å². The van der Waals surface area contributed by atoms with E-state index in [-0.39, 0.29) is 17.4 Å². The number of H-pyrrole nitrogens is 1. The third-order valence-corrected chi connectivity index (χ3v) is 5.17. The summed E-state index contributed by atoms with van der Waals surface area (Å²) in [7, 11) is 0. The fourth-order valence-corrected chi connectivity index (χ4v) is 3.91. The number of benzene rings is 2. The van der Waals surface area contributed by atoms with Gasteiger partial charge in [-0.15, -0.1) is 0 Å². The maximum atomic E-state index is 13.2. The number of nitrogens with one attached hydrogen (secondary N) is 1. The highest BCUT2D eigenvalue weighted by atomic mass is 19.1. The van der Waals surface area contributed by atoms with Gasteiger partial charge in [-0.25, -0.2) is 9.18 Å². The summed E-state index contributed by atoms with van der Waals surface area (Å²) < 4.78 is 17.0. The van der Waals surface area contributed by atoms with Gasteiger partial charge >= 0.3 is 5.69 Å². The van der Waals surface area contributed by atoms with Crippen LogP contribution < -0.4 is 5.69 Å². The summed E-state index contributed by atoms with van der Waals surface area (Å²) in [5.41, 5.74) is 4.54. The maximum Gasteiger partial charge on any atom is 0.328 e. The van der Waals surface area contributed by atoms with Crippen molar-refractivity contribution in [1.29, 1.82) is 0 Å². The average molecular weight is 349 g/mol. The second kappa shape index (κ2) is 5.36. The highest BCUT2D eigenvalue weighted by Crippen LogP contribution is 2.34. The molecule has 0 unspecified atom stereocenters. The molecule has 2 N–H and O–H groups in total. The number of aromatic hydroxyl groups is 1. The van der Waals surface area contributed by atoms with Crippen molar-refractivity contribution in [2.45, 2.75) is 19.5 Å².